The monoisotopic (exact) mass is 196 g/mol. The van der Waals surface area contributed by atoms with Gasteiger partial charge in [0, 0.05) is 12.5 Å². The second-order valence-corrected chi connectivity index (χ2v) is 4.77. The molecule has 0 atom stereocenters. The van der Waals surface area contributed by atoms with Crippen LogP contribution in [0.2, 0.25) is 0 Å². The van der Waals surface area contributed by atoms with E-state index in [0.717, 1.165) is 19.4 Å². The van der Waals surface area contributed by atoms with E-state index in [1.54, 1.807) is 4.90 Å². The average molecular weight is 196 g/mol. The van der Waals surface area contributed by atoms with Gasteiger partial charge in [-0.3, -0.25) is 9.59 Å². The molecule has 1 saturated carbocycles. The summed E-state index contributed by atoms with van der Waals surface area (Å²) in [5, 5.41) is 0. The minimum absolute atomic E-state index is 0.0504. The number of nitrogens with zero attached hydrogens (tertiary/aromatic N) is 1. The third-order valence-electron chi connectivity index (χ3n) is 3.43. The van der Waals surface area contributed by atoms with Crippen LogP contribution in [0.3, 0.4) is 0 Å². The Balaban J connectivity index is 2.21. The first-order valence-corrected chi connectivity index (χ1v) is 5.09. The van der Waals surface area contributed by atoms with Crippen LogP contribution >= 0.6 is 0 Å². The lowest BCUT2D eigenvalue weighted by Gasteiger charge is -2.39. The molecule has 4 heteroatoms. The molecule has 2 bridgehead atoms. The number of amides is 2. The van der Waals surface area contributed by atoms with Crippen LogP contribution in [0.5, 0.6) is 0 Å². The highest BCUT2D eigenvalue weighted by atomic mass is 16.2. The number of hydrogen-bond donors (Lipinski definition) is 1. The van der Waals surface area contributed by atoms with Crippen LogP contribution in [0.1, 0.15) is 26.7 Å². The topological polar surface area (TPSA) is 63.4 Å². The number of nitrogens with two attached hydrogens (primary N) is 1. The maximum Gasteiger partial charge on any atom is 0.243 e. The van der Waals surface area contributed by atoms with Gasteiger partial charge in [0.2, 0.25) is 11.8 Å². The molecule has 0 aromatic rings. The van der Waals surface area contributed by atoms with Crippen molar-refractivity contribution < 1.29 is 9.59 Å². The van der Waals surface area contributed by atoms with Crippen molar-refractivity contribution >= 4 is 11.8 Å². The lowest BCUT2D eigenvalue weighted by molar-refractivity contribution is -0.146. The summed E-state index contributed by atoms with van der Waals surface area (Å²) in [7, 11) is 0. The fourth-order valence-electron chi connectivity index (χ4n) is 2.62. The fourth-order valence-corrected chi connectivity index (χ4v) is 2.62. The minimum atomic E-state index is -0.619. The lowest BCUT2D eigenvalue weighted by Crippen LogP contribution is -2.58. The highest BCUT2D eigenvalue weighted by Crippen LogP contribution is 2.50. The van der Waals surface area contributed by atoms with Gasteiger partial charge >= 0.3 is 0 Å². The Kier molecular flexibility index (Phi) is 1.84. The number of carbonyl (C=O) groups excluding carboxylic acids is 2. The number of rotatable bonds is 2. The minimum Gasteiger partial charge on any atom is -0.368 e. The number of primary amides is 1. The van der Waals surface area contributed by atoms with E-state index in [4.69, 9.17) is 5.73 Å². The van der Waals surface area contributed by atoms with Gasteiger partial charge in [-0.15, -0.1) is 0 Å². The largest absolute Gasteiger partial charge is 0.368 e. The fraction of sp³-hybridized carbons (Fsp3) is 0.800. The first-order chi connectivity index (χ1) is 6.47. The summed E-state index contributed by atoms with van der Waals surface area (Å²) in [5.41, 5.74) is 4.75. The summed E-state index contributed by atoms with van der Waals surface area (Å²) in [5.74, 6) is 0.180. The smallest absolute Gasteiger partial charge is 0.243 e. The predicted molar refractivity (Wildman–Crippen MR) is 51.2 cm³/mol. The van der Waals surface area contributed by atoms with Crippen LogP contribution < -0.4 is 5.73 Å². The third kappa shape index (κ3) is 0.996. The summed E-state index contributed by atoms with van der Waals surface area (Å²) >= 11 is 0. The van der Waals surface area contributed by atoms with Crippen molar-refractivity contribution in [1.82, 2.24) is 4.90 Å². The van der Waals surface area contributed by atoms with Crippen molar-refractivity contribution in [2.45, 2.75) is 32.2 Å². The van der Waals surface area contributed by atoms with Crippen molar-refractivity contribution in [2.24, 2.45) is 17.6 Å². The Bertz CT molecular complexity index is 292. The highest BCUT2D eigenvalue weighted by Gasteiger charge is 2.61. The van der Waals surface area contributed by atoms with Crippen molar-refractivity contribution in [1.29, 1.82) is 0 Å². The van der Waals surface area contributed by atoms with Gasteiger partial charge in [0.25, 0.3) is 0 Å². The molecule has 0 spiro atoms. The lowest BCUT2D eigenvalue weighted by atomic mass is 9.72. The van der Waals surface area contributed by atoms with Crippen LogP contribution in [-0.4, -0.2) is 28.8 Å². The van der Waals surface area contributed by atoms with Crippen molar-refractivity contribution in [3.8, 4) is 0 Å². The van der Waals surface area contributed by atoms with Gasteiger partial charge in [0.1, 0.15) is 5.54 Å². The molecule has 2 N–H and O–H groups in total. The van der Waals surface area contributed by atoms with Crippen LogP contribution in [0.25, 0.3) is 0 Å². The van der Waals surface area contributed by atoms with Crippen LogP contribution in [0.4, 0.5) is 0 Å². The van der Waals surface area contributed by atoms with Crippen LogP contribution in [-0.2, 0) is 9.59 Å². The Hall–Kier alpha value is -1.06. The maximum atomic E-state index is 11.8. The molecule has 2 heterocycles. The first-order valence-electron chi connectivity index (χ1n) is 5.09. The van der Waals surface area contributed by atoms with Gasteiger partial charge in [-0.1, -0.05) is 13.8 Å². The Morgan fingerprint density at radius 1 is 1.43 bits per heavy atom. The first kappa shape index (κ1) is 9.49. The molecule has 2 aliphatic heterocycles. The van der Waals surface area contributed by atoms with Crippen molar-refractivity contribution in [3.05, 3.63) is 0 Å². The molecule has 2 amide bonds. The van der Waals surface area contributed by atoms with E-state index in [0.29, 0.717) is 5.92 Å². The molecule has 3 fully saturated rings. The Morgan fingerprint density at radius 2 is 2.00 bits per heavy atom. The molecule has 0 aromatic heterocycles. The zero-order valence-electron chi connectivity index (χ0n) is 8.62. The van der Waals surface area contributed by atoms with E-state index in [2.05, 4.69) is 0 Å². The molecule has 3 aliphatic rings. The standard InChI is InChI=1S/C10H16N2O2/c1-6(2)8(13)12-5-7-3-10(12,4-7)9(11)14/h6-7H,3-5H2,1-2H3,(H2,11,14). The van der Waals surface area contributed by atoms with E-state index in [1.165, 1.54) is 0 Å². The van der Waals surface area contributed by atoms with Crippen molar-refractivity contribution in [2.75, 3.05) is 6.54 Å². The maximum absolute atomic E-state index is 11.8. The third-order valence-corrected chi connectivity index (χ3v) is 3.43. The highest BCUT2D eigenvalue weighted by molar-refractivity contribution is 5.93. The second kappa shape index (κ2) is 2.72. The van der Waals surface area contributed by atoms with Crippen molar-refractivity contribution in [3.63, 3.8) is 0 Å². The van der Waals surface area contributed by atoms with Crippen LogP contribution in [0.15, 0.2) is 0 Å². The SMILES string of the molecule is CC(C)C(=O)N1CC2CC1(C(N)=O)C2. The summed E-state index contributed by atoms with van der Waals surface area (Å²) in [6.07, 6.45) is 1.56. The zero-order valence-corrected chi connectivity index (χ0v) is 8.62. The molecule has 78 valence electrons. The number of hydrogen-bond acceptors (Lipinski definition) is 2. The number of fused-ring (bicyclic) bond motifs is 1. The van der Waals surface area contributed by atoms with E-state index in [-0.39, 0.29) is 17.7 Å². The van der Waals surface area contributed by atoms with Gasteiger partial charge in [-0.05, 0) is 18.8 Å². The molecular formula is C10H16N2O2. The summed E-state index contributed by atoms with van der Waals surface area (Å²) in [4.78, 5) is 24.8. The second-order valence-electron chi connectivity index (χ2n) is 4.77. The molecule has 3 rings (SSSR count). The van der Waals surface area contributed by atoms with Gasteiger partial charge in [0.15, 0.2) is 0 Å². The summed E-state index contributed by atoms with van der Waals surface area (Å²) in [6.45, 7) is 4.43. The normalized spacial score (nSPS) is 34.5. The van der Waals surface area contributed by atoms with Gasteiger partial charge in [-0.2, -0.15) is 0 Å². The molecule has 0 aromatic carbocycles. The molecule has 0 unspecified atom stereocenters. The van der Waals surface area contributed by atoms with E-state index >= 15 is 0 Å². The quantitative estimate of drug-likeness (QED) is 0.681. The molecular weight excluding hydrogens is 180 g/mol. The van der Waals surface area contributed by atoms with Gasteiger partial charge in [-0.25, -0.2) is 0 Å². The van der Waals surface area contributed by atoms with Crippen LogP contribution in [0, 0.1) is 11.8 Å². The predicted octanol–water partition coefficient (Wildman–Crippen LogP) is 0.119. The average Bonchev–Trinajstić information content (AvgIpc) is 2.54. The summed E-state index contributed by atoms with van der Waals surface area (Å²) < 4.78 is 0. The molecule has 1 aliphatic carbocycles. The molecule has 2 saturated heterocycles. The van der Waals surface area contributed by atoms with E-state index < -0.39 is 5.54 Å². The molecule has 14 heavy (non-hydrogen) atoms. The van der Waals surface area contributed by atoms with E-state index in [1.807, 2.05) is 13.8 Å². The molecule has 0 radical (unpaired) electrons. The van der Waals surface area contributed by atoms with E-state index in [9.17, 15) is 9.59 Å². The van der Waals surface area contributed by atoms with Gasteiger partial charge < -0.3 is 10.6 Å². The zero-order chi connectivity index (χ0) is 10.5. The Morgan fingerprint density at radius 3 is 2.43 bits per heavy atom. The Labute approximate surface area is 83.4 Å². The number of carbonyl (C=O) groups is 2. The molecule has 4 nitrogen and oxygen atoms in total. The van der Waals surface area contributed by atoms with Gasteiger partial charge in [0.05, 0.1) is 0 Å². The summed E-state index contributed by atoms with van der Waals surface area (Å²) in [6, 6.07) is 0.